The maximum Gasteiger partial charge on any atom is 0.241 e. The lowest BCUT2D eigenvalue weighted by Crippen LogP contribution is -2.65. The Morgan fingerprint density at radius 3 is 2.57 bits per heavy atom. The molecule has 0 spiro atoms. The number of rotatable bonds is 2. The van der Waals surface area contributed by atoms with E-state index in [2.05, 4.69) is 6.07 Å². The average Bonchev–Trinajstić information content (AvgIpc) is 2.51. The highest BCUT2D eigenvalue weighted by molar-refractivity contribution is 5.83. The van der Waals surface area contributed by atoms with Crippen LogP contribution in [0.15, 0.2) is 0 Å². The minimum Gasteiger partial charge on any atom is -0.390 e. The Morgan fingerprint density at radius 2 is 1.96 bits per heavy atom. The van der Waals surface area contributed by atoms with Crippen LogP contribution in [0.2, 0.25) is 0 Å². The summed E-state index contributed by atoms with van der Waals surface area (Å²) in [5, 5.41) is 20.2. The number of aliphatic hydroxyl groups is 1. The Kier molecular flexibility index (Phi) is 3.48. The van der Waals surface area contributed by atoms with Crippen molar-refractivity contribution in [3.63, 3.8) is 0 Å². The molecule has 1 saturated heterocycles. The fourth-order valence-electron chi connectivity index (χ4n) is 6.42. The lowest BCUT2D eigenvalue weighted by atomic mass is 9.46. The number of likely N-dealkylation sites (tertiary alicyclic amines) is 1. The summed E-state index contributed by atoms with van der Waals surface area (Å²) in [5.74, 6) is 0.989. The number of nitrogens with two attached hydrogens (primary N) is 1. The smallest absolute Gasteiger partial charge is 0.241 e. The molecule has 23 heavy (non-hydrogen) atoms. The third kappa shape index (κ3) is 2.38. The van der Waals surface area contributed by atoms with Gasteiger partial charge in [0.2, 0.25) is 5.91 Å². The molecule has 4 bridgehead atoms. The van der Waals surface area contributed by atoms with Gasteiger partial charge in [-0.25, -0.2) is 0 Å². The van der Waals surface area contributed by atoms with Crippen molar-refractivity contribution in [2.75, 3.05) is 6.54 Å². The van der Waals surface area contributed by atoms with E-state index in [-0.39, 0.29) is 17.4 Å². The van der Waals surface area contributed by atoms with Gasteiger partial charge in [-0.05, 0) is 75.0 Å². The molecule has 1 aliphatic heterocycles. The minimum absolute atomic E-state index is 0.0539. The van der Waals surface area contributed by atoms with Crippen molar-refractivity contribution in [3.8, 4) is 6.07 Å². The quantitative estimate of drug-likeness (QED) is 0.808. The van der Waals surface area contributed by atoms with E-state index in [1.165, 1.54) is 6.42 Å². The van der Waals surface area contributed by atoms with Gasteiger partial charge in [-0.2, -0.15) is 5.26 Å². The van der Waals surface area contributed by atoms with Crippen molar-refractivity contribution in [1.82, 2.24) is 4.90 Å². The van der Waals surface area contributed by atoms with E-state index in [0.29, 0.717) is 24.8 Å². The van der Waals surface area contributed by atoms with E-state index in [1.807, 2.05) is 0 Å². The number of nitrogens with zero attached hydrogens (tertiary/aromatic N) is 2. The van der Waals surface area contributed by atoms with E-state index in [0.717, 1.165) is 44.9 Å². The molecule has 6 atom stereocenters. The zero-order valence-corrected chi connectivity index (χ0v) is 13.7. The van der Waals surface area contributed by atoms with Crippen LogP contribution in [-0.4, -0.2) is 40.1 Å². The molecule has 5 nitrogen and oxygen atoms in total. The molecule has 1 heterocycles. The second kappa shape index (κ2) is 5.19. The van der Waals surface area contributed by atoms with Crippen LogP contribution in [0.3, 0.4) is 0 Å². The summed E-state index contributed by atoms with van der Waals surface area (Å²) < 4.78 is 0. The number of hydrogen-bond acceptors (Lipinski definition) is 4. The molecule has 0 aromatic carbocycles. The van der Waals surface area contributed by atoms with Crippen molar-refractivity contribution in [2.45, 2.75) is 75.5 Å². The van der Waals surface area contributed by atoms with Crippen LogP contribution in [0.5, 0.6) is 0 Å². The summed E-state index contributed by atoms with van der Waals surface area (Å²) in [6.07, 6.45) is 8.31. The highest BCUT2D eigenvalue weighted by Crippen LogP contribution is 2.62. The number of piperidine rings is 1. The Balaban J connectivity index is 1.57. The maximum atomic E-state index is 13.1. The Morgan fingerprint density at radius 1 is 1.26 bits per heavy atom. The van der Waals surface area contributed by atoms with E-state index in [4.69, 9.17) is 5.73 Å². The predicted octanol–water partition coefficient (Wildman–Crippen LogP) is 1.55. The van der Waals surface area contributed by atoms with Gasteiger partial charge in [-0.1, -0.05) is 0 Å². The molecule has 0 unspecified atom stereocenters. The van der Waals surface area contributed by atoms with Gasteiger partial charge in [-0.15, -0.1) is 0 Å². The molecule has 3 N–H and O–H groups in total. The van der Waals surface area contributed by atoms with Crippen LogP contribution < -0.4 is 5.73 Å². The molecule has 0 aromatic rings. The van der Waals surface area contributed by atoms with Gasteiger partial charge < -0.3 is 15.7 Å². The molecule has 5 rings (SSSR count). The fraction of sp³-hybridized carbons (Fsp3) is 0.889. The molecule has 0 aromatic heterocycles. The Hall–Kier alpha value is -1.12. The number of carbonyl (C=O) groups excluding carboxylic acids is 1. The van der Waals surface area contributed by atoms with Crippen molar-refractivity contribution in [3.05, 3.63) is 0 Å². The largest absolute Gasteiger partial charge is 0.390 e. The van der Waals surface area contributed by atoms with E-state index >= 15 is 0 Å². The molecular weight excluding hydrogens is 290 g/mol. The fourth-order valence-corrected chi connectivity index (χ4v) is 6.42. The van der Waals surface area contributed by atoms with Crippen molar-refractivity contribution in [1.29, 1.82) is 5.26 Å². The van der Waals surface area contributed by atoms with Gasteiger partial charge in [0.1, 0.15) is 6.04 Å². The first-order chi connectivity index (χ1) is 10.9. The van der Waals surface area contributed by atoms with Gasteiger partial charge in [0, 0.05) is 6.54 Å². The third-order valence-corrected chi connectivity index (χ3v) is 6.94. The molecule has 4 saturated carbocycles. The summed E-state index contributed by atoms with van der Waals surface area (Å²) in [4.78, 5) is 14.8. The lowest BCUT2D eigenvalue weighted by molar-refractivity contribution is -0.177. The van der Waals surface area contributed by atoms with Gasteiger partial charge in [0.15, 0.2) is 0 Å². The molecule has 0 radical (unpaired) electrons. The second-order valence-corrected chi connectivity index (χ2v) is 8.70. The molecule has 5 heteroatoms. The summed E-state index contributed by atoms with van der Waals surface area (Å²) in [7, 11) is 0. The van der Waals surface area contributed by atoms with Crippen molar-refractivity contribution < 1.29 is 9.90 Å². The third-order valence-electron chi connectivity index (χ3n) is 6.94. The Bertz CT molecular complexity index is 541. The van der Waals surface area contributed by atoms with Gasteiger partial charge in [-0.3, -0.25) is 4.79 Å². The van der Waals surface area contributed by atoms with Crippen LogP contribution in [0.1, 0.15) is 57.8 Å². The normalized spacial score (nSPS) is 46.5. The first-order valence-electron chi connectivity index (χ1n) is 9.13. The number of amides is 1. The molecule has 5 aliphatic rings. The van der Waals surface area contributed by atoms with Gasteiger partial charge >= 0.3 is 0 Å². The van der Waals surface area contributed by atoms with Crippen LogP contribution in [0.25, 0.3) is 0 Å². The van der Waals surface area contributed by atoms with E-state index in [9.17, 15) is 15.2 Å². The highest BCUT2D eigenvalue weighted by atomic mass is 16.3. The molecular formula is C18H27N3O2. The molecule has 126 valence electrons. The maximum absolute atomic E-state index is 13.1. The summed E-state index contributed by atoms with van der Waals surface area (Å²) in [6, 6.07) is 1.39. The zero-order valence-electron chi connectivity index (χ0n) is 13.7. The average molecular weight is 317 g/mol. The monoisotopic (exact) mass is 317 g/mol. The number of hydrogen-bond donors (Lipinski definition) is 2. The minimum atomic E-state index is -0.599. The summed E-state index contributed by atoms with van der Waals surface area (Å²) >= 11 is 0. The number of nitriles is 1. The van der Waals surface area contributed by atoms with E-state index < -0.39 is 11.6 Å². The standard InChI is InChI=1S/C18H27N3O2/c19-10-14-3-1-2-4-21(14)16(22)15(20)17-6-12-5-13(7-17)9-18(23,8-12)11-17/h12-15,23H,1-9,11,20H2/t12-,13+,14-,15+,17+,18+/m0/s1. The van der Waals surface area contributed by atoms with Crippen LogP contribution in [0, 0.1) is 28.6 Å². The lowest BCUT2D eigenvalue weighted by Gasteiger charge is -2.61. The van der Waals surface area contributed by atoms with Gasteiger partial charge in [0.25, 0.3) is 0 Å². The van der Waals surface area contributed by atoms with Crippen molar-refractivity contribution >= 4 is 5.91 Å². The Labute approximate surface area is 137 Å². The second-order valence-electron chi connectivity index (χ2n) is 8.70. The zero-order chi connectivity index (χ0) is 16.2. The first kappa shape index (κ1) is 15.4. The number of carbonyl (C=O) groups is 1. The molecule has 5 fully saturated rings. The van der Waals surface area contributed by atoms with Crippen LogP contribution >= 0.6 is 0 Å². The predicted molar refractivity (Wildman–Crippen MR) is 85.0 cm³/mol. The molecule has 1 amide bonds. The molecule has 4 aliphatic carbocycles. The summed E-state index contributed by atoms with van der Waals surface area (Å²) in [5.41, 5.74) is 5.67. The van der Waals surface area contributed by atoms with Crippen LogP contribution in [-0.2, 0) is 4.79 Å². The SMILES string of the molecule is N#C[C@@H]1CCCCN1C(=O)[C@@H](N)[C@@]12C[C@@H]3C[C@@H](C[C@](O)(C3)C1)C2. The highest BCUT2D eigenvalue weighted by Gasteiger charge is 2.60. The topological polar surface area (TPSA) is 90.4 Å². The summed E-state index contributed by atoms with van der Waals surface area (Å²) in [6.45, 7) is 0.651. The van der Waals surface area contributed by atoms with E-state index in [1.54, 1.807) is 4.90 Å². The van der Waals surface area contributed by atoms with Gasteiger partial charge in [0.05, 0.1) is 17.7 Å². The first-order valence-corrected chi connectivity index (χ1v) is 9.13. The van der Waals surface area contributed by atoms with Crippen molar-refractivity contribution in [2.24, 2.45) is 23.0 Å². The van der Waals surface area contributed by atoms with Crippen LogP contribution in [0.4, 0.5) is 0 Å².